The maximum absolute atomic E-state index is 15.1. The lowest BCUT2D eigenvalue weighted by Gasteiger charge is -2.30. The fourth-order valence-corrected chi connectivity index (χ4v) is 4.84. The highest BCUT2D eigenvalue weighted by molar-refractivity contribution is 7.90. The van der Waals surface area contributed by atoms with Crippen LogP contribution in [0.4, 0.5) is 16.0 Å². The average molecular weight is 560 g/mol. The fraction of sp³-hybridized carbons (Fsp3) is 0.292. The van der Waals surface area contributed by atoms with E-state index in [0.717, 1.165) is 17.6 Å². The van der Waals surface area contributed by atoms with E-state index in [1.165, 1.54) is 6.33 Å². The van der Waals surface area contributed by atoms with Crippen LogP contribution in [0.2, 0.25) is 5.15 Å². The molecule has 4 aromatic rings. The topological polar surface area (TPSA) is 132 Å². The van der Waals surface area contributed by atoms with Crippen LogP contribution in [0.3, 0.4) is 0 Å². The van der Waals surface area contributed by atoms with Crippen LogP contribution in [0.5, 0.6) is 11.6 Å². The Hall–Kier alpha value is -3.84. The van der Waals surface area contributed by atoms with Gasteiger partial charge in [0, 0.05) is 24.6 Å². The lowest BCUT2D eigenvalue weighted by atomic mass is 10.1. The van der Waals surface area contributed by atoms with Gasteiger partial charge in [0.25, 0.3) is 0 Å². The highest BCUT2D eigenvalue weighted by Crippen LogP contribution is 2.40. The van der Waals surface area contributed by atoms with Gasteiger partial charge in [-0.25, -0.2) is 32.7 Å². The first kappa shape index (κ1) is 25.8. The number of pyridine rings is 1. The number of aromatic nitrogens is 5. The van der Waals surface area contributed by atoms with E-state index < -0.39 is 32.0 Å². The molecule has 4 heterocycles. The largest absolute Gasteiger partial charge is 0.497 e. The summed E-state index contributed by atoms with van der Waals surface area (Å²) in [7, 11) is -2.28. The maximum atomic E-state index is 15.1. The van der Waals surface area contributed by atoms with Crippen molar-refractivity contribution in [1.29, 1.82) is 0 Å². The molecule has 0 amide bonds. The molecule has 1 N–H and O–H groups in total. The molecule has 14 heteroatoms. The second-order valence-electron chi connectivity index (χ2n) is 8.59. The summed E-state index contributed by atoms with van der Waals surface area (Å²) >= 11 is 5.96. The van der Waals surface area contributed by atoms with Gasteiger partial charge in [0.2, 0.25) is 20.9 Å². The van der Waals surface area contributed by atoms with E-state index in [1.54, 1.807) is 18.2 Å². The van der Waals surface area contributed by atoms with Crippen molar-refractivity contribution in [2.45, 2.75) is 24.7 Å². The van der Waals surface area contributed by atoms with E-state index in [2.05, 4.69) is 30.2 Å². The van der Waals surface area contributed by atoms with E-state index in [1.807, 2.05) is 31.2 Å². The number of hydrogen-bond donors (Lipinski definition) is 1. The summed E-state index contributed by atoms with van der Waals surface area (Å²) in [5, 5.41) is 2.46. The normalized spacial score (nSPS) is 14.1. The van der Waals surface area contributed by atoms with Gasteiger partial charge >= 0.3 is 0 Å². The van der Waals surface area contributed by atoms with E-state index in [-0.39, 0.29) is 35.8 Å². The molecule has 1 atom stereocenters. The Labute approximate surface area is 223 Å². The van der Waals surface area contributed by atoms with Gasteiger partial charge in [-0.3, -0.25) is 0 Å². The molecule has 3 aromatic heterocycles. The molecule has 0 saturated carbocycles. The molecule has 0 saturated heterocycles. The molecule has 5 rings (SSSR count). The van der Waals surface area contributed by atoms with Gasteiger partial charge in [0.15, 0.2) is 11.0 Å². The Morgan fingerprint density at radius 2 is 2.00 bits per heavy atom. The van der Waals surface area contributed by atoms with Gasteiger partial charge < -0.3 is 19.7 Å². The number of methoxy groups -OCH3 is 1. The van der Waals surface area contributed by atoms with Crippen molar-refractivity contribution in [1.82, 2.24) is 24.9 Å². The molecule has 0 radical (unpaired) electrons. The molecule has 0 aliphatic carbocycles. The minimum Gasteiger partial charge on any atom is -0.497 e. The quantitative estimate of drug-likeness (QED) is 0.263. The lowest BCUT2D eigenvalue weighted by molar-refractivity contribution is 0.316. The molecule has 0 fully saturated rings. The maximum Gasteiger partial charge on any atom is 0.249 e. The van der Waals surface area contributed by atoms with Crippen molar-refractivity contribution in [2.75, 3.05) is 36.7 Å². The van der Waals surface area contributed by atoms with Crippen LogP contribution in [0, 0.1) is 5.82 Å². The smallest absolute Gasteiger partial charge is 0.249 e. The second kappa shape index (κ2) is 10.1. The molecule has 198 valence electrons. The summed E-state index contributed by atoms with van der Waals surface area (Å²) in [5.74, 6) is 0.553. The summed E-state index contributed by atoms with van der Waals surface area (Å²) < 4.78 is 50.8. The van der Waals surface area contributed by atoms with Crippen molar-refractivity contribution in [3.63, 3.8) is 0 Å². The van der Waals surface area contributed by atoms with E-state index in [4.69, 9.17) is 21.1 Å². The van der Waals surface area contributed by atoms with Crippen molar-refractivity contribution < 1.29 is 22.3 Å². The second-order valence-corrected chi connectivity index (χ2v) is 10.9. The zero-order valence-electron chi connectivity index (χ0n) is 20.6. The molecular weight excluding hydrogens is 537 g/mol. The molecular formula is C24H23ClFN7O4S. The molecule has 0 unspecified atom stereocenters. The predicted molar refractivity (Wildman–Crippen MR) is 139 cm³/mol. The fourth-order valence-electron chi connectivity index (χ4n) is 4.17. The van der Waals surface area contributed by atoms with Crippen LogP contribution in [-0.4, -0.2) is 59.9 Å². The third-order valence-corrected chi connectivity index (χ3v) is 7.22. The third kappa shape index (κ3) is 4.86. The number of benzene rings is 1. The van der Waals surface area contributed by atoms with E-state index in [9.17, 15) is 8.42 Å². The Balaban J connectivity index is 1.57. The Bertz CT molecular complexity index is 1620. The molecule has 1 aliphatic heterocycles. The average Bonchev–Trinajstić information content (AvgIpc) is 3.09. The monoisotopic (exact) mass is 559 g/mol. The summed E-state index contributed by atoms with van der Waals surface area (Å²) in [6, 6.07) is 7.18. The molecule has 0 bridgehead atoms. The minimum atomic E-state index is -3.89. The standard InChI is InChI=1S/C24H23ClFN7O4S/c1-13(16-11-27-12-29-21(16)28-10-14-4-6-15(36-2)7-5-14)33-8-9-37-23-17-19(18(26)20(25)31-23)30-24(32-22(17)33)38(3,34)35/h4-7,11-13H,8-10H2,1-3H3,(H,27,28,29)/t13-/m1/s1. The van der Waals surface area contributed by atoms with Crippen molar-refractivity contribution in [2.24, 2.45) is 0 Å². The van der Waals surface area contributed by atoms with Crippen LogP contribution >= 0.6 is 11.6 Å². The molecule has 0 spiro atoms. The van der Waals surface area contributed by atoms with Gasteiger partial charge in [-0.2, -0.15) is 4.98 Å². The highest BCUT2D eigenvalue weighted by Gasteiger charge is 2.31. The highest BCUT2D eigenvalue weighted by atomic mass is 35.5. The number of anilines is 2. The summed E-state index contributed by atoms with van der Waals surface area (Å²) in [4.78, 5) is 22.7. The number of rotatable bonds is 7. The first-order valence-electron chi connectivity index (χ1n) is 11.5. The Morgan fingerprint density at radius 1 is 1.24 bits per heavy atom. The van der Waals surface area contributed by atoms with Gasteiger partial charge in [0.05, 0.1) is 19.7 Å². The van der Waals surface area contributed by atoms with Crippen molar-refractivity contribution in [3.05, 3.63) is 58.9 Å². The number of hydrogen-bond acceptors (Lipinski definition) is 11. The first-order chi connectivity index (χ1) is 18.2. The van der Waals surface area contributed by atoms with Crippen LogP contribution < -0.4 is 19.7 Å². The molecule has 38 heavy (non-hydrogen) atoms. The van der Waals surface area contributed by atoms with Gasteiger partial charge in [-0.1, -0.05) is 23.7 Å². The van der Waals surface area contributed by atoms with Gasteiger partial charge in [-0.05, 0) is 24.6 Å². The van der Waals surface area contributed by atoms with Crippen LogP contribution in [0.1, 0.15) is 24.1 Å². The number of nitrogens with zero attached hydrogens (tertiary/aromatic N) is 6. The van der Waals surface area contributed by atoms with Crippen LogP contribution in [0.25, 0.3) is 10.9 Å². The lowest BCUT2D eigenvalue weighted by Crippen LogP contribution is -2.32. The Kier molecular flexibility index (Phi) is 6.88. The van der Waals surface area contributed by atoms with Crippen molar-refractivity contribution >= 4 is 44.0 Å². The van der Waals surface area contributed by atoms with Crippen LogP contribution in [0.15, 0.2) is 41.9 Å². The summed E-state index contributed by atoms with van der Waals surface area (Å²) in [6.45, 7) is 2.80. The first-order valence-corrected chi connectivity index (χ1v) is 13.8. The molecule has 1 aliphatic rings. The Morgan fingerprint density at radius 3 is 2.71 bits per heavy atom. The third-order valence-electron chi connectivity index (χ3n) is 6.12. The van der Waals surface area contributed by atoms with E-state index in [0.29, 0.717) is 17.9 Å². The predicted octanol–water partition coefficient (Wildman–Crippen LogP) is 3.59. The van der Waals surface area contributed by atoms with Gasteiger partial charge in [0.1, 0.15) is 41.2 Å². The molecule has 1 aromatic carbocycles. The zero-order chi connectivity index (χ0) is 27.0. The van der Waals surface area contributed by atoms with Crippen LogP contribution in [-0.2, 0) is 16.4 Å². The van der Waals surface area contributed by atoms with Gasteiger partial charge in [-0.15, -0.1) is 0 Å². The minimum absolute atomic E-state index is 0.0262. The van der Waals surface area contributed by atoms with Crippen molar-refractivity contribution in [3.8, 4) is 11.6 Å². The summed E-state index contributed by atoms with van der Waals surface area (Å²) in [6.07, 6.45) is 4.05. The number of nitrogens with one attached hydrogen (secondary N) is 1. The number of sulfone groups is 1. The zero-order valence-corrected chi connectivity index (χ0v) is 22.2. The molecule has 11 nitrogen and oxygen atoms in total. The SMILES string of the molecule is COc1ccc(CNc2ncncc2[C@@H](C)N2CCOc3nc(Cl)c(F)c4nc(S(C)(=O)=O)nc2c34)cc1. The summed E-state index contributed by atoms with van der Waals surface area (Å²) in [5.41, 5.74) is 1.43. The number of ether oxygens (including phenoxy) is 2. The van der Waals surface area contributed by atoms with E-state index >= 15 is 4.39 Å². The number of halogens is 2.